The van der Waals surface area contributed by atoms with Gasteiger partial charge in [0.15, 0.2) is 0 Å². The van der Waals surface area contributed by atoms with Gasteiger partial charge in [0.1, 0.15) is 0 Å². The number of piperidine rings is 1. The number of para-hydroxylation sites is 2. The molecular weight excluding hydrogens is 378 g/mol. The first-order valence-corrected chi connectivity index (χ1v) is 10.5. The molecule has 1 saturated heterocycles. The third kappa shape index (κ3) is 4.08. The van der Waals surface area contributed by atoms with Gasteiger partial charge in [0.2, 0.25) is 11.8 Å². The molecule has 3 unspecified atom stereocenters. The second kappa shape index (κ2) is 8.30. The van der Waals surface area contributed by atoms with Crippen molar-refractivity contribution in [2.45, 2.75) is 32.6 Å². The molecule has 2 aromatic carbocycles. The molecule has 0 bridgehead atoms. The summed E-state index contributed by atoms with van der Waals surface area (Å²) < 4.78 is 0. The van der Waals surface area contributed by atoms with Gasteiger partial charge in [-0.15, -0.1) is 0 Å². The number of hydrogen-bond donors (Lipinski definition) is 2. The van der Waals surface area contributed by atoms with E-state index >= 15 is 0 Å². The monoisotopic (exact) mass is 405 g/mol. The van der Waals surface area contributed by atoms with Crippen LogP contribution in [0.15, 0.2) is 48.5 Å². The minimum Gasteiger partial charge on any atom is -0.338 e. The summed E-state index contributed by atoms with van der Waals surface area (Å²) in [4.78, 5) is 40.3. The molecule has 3 amide bonds. The second-order valence-electron chi connectivity index (χ2n) is 8.58. The third-order valence-corrected chi connectivity index (χ3v) is 5.89. The molecule has 0 spiro atoms. The van der Waals surface area contributed by atoms with E-state index in [1.165, 1.54) is 0 Å². The van der Waals surface area contributed by atoms with Crippen LogP contribution in [0, 0.1) is 11.8 Å². The molecular formula is C24H27N3O3. The Morgan fingerprint density at radius 2 is 1.67 bits per heavy atom. The van der Waals surface area contributed by atoms with Crippen molar-refractivity contribution in [1.82, 2.24) is 4.90 Å². The fraction of sp³-hybridized carbons (Fsp3) is 0.375. The number of carbonyl (C=O) groups excluding carboxylic acids is 3. The number of carbonyl (C=O) groups is 3. The highest BCUT2D eigenvalue weighted by molar-refractivity contribution is 6.08. The minimum absolute atomic E-state index is 0.0638. The average Bonchev–Trinajstić information content (AvgIpc) is 2.72. The van der Waals surface area contributed by atoms with Crippen molar-refractivity contribution in [3.63, 3.8) is 0 Å². The molecule has 2 heterocycles. The van der Waals surface area contributed by atoms with Gasteiger partial charge in [0, 0.05) is 25.2 Å². The first kappa shape index (κ1) is 20.1. The molecule has 1 fully saturated rings. The number of nitrogens with zero attached hydrogens (tertiary/aromatic N) is 1. The smallest absolute Gasteiger partial charge is 0.255 e. The van der Waals surface area contributed by atoms with Crippen LogP contribution in [-0.2, 0) is 9.59 Å². The number of amides is 3. The number of fused-ring (bicyclic) bond motifs is 1. The van der Waals surface area contributed by atoms with Gasteiger partial charge < -0.3 is 15.5 Å². The predicted octanol–water partition coefficient (Wildman–Crippen LogP) is 3.87. The Balaban J connectivity index is 1.57. The molecule has 0 aliphatic carbocycles. The first-order valence-electron chi connectivity index (χ1n) is 10.5. The van der Waals surface area contributed by atoms with E-state index in [4.69, 9.17) is 0 Å². The van der Waals surface area contributed by atoms with Crippen molar-refractivity contribution in [2.75, 3.05) is 23.7 Å². The van der Waals surface area contributed by atoms with E-state index in [1.807, 2.05) is 29.2 Å². The summed E-state index contributed by atoms with van der Waals surface area (Å²) in [7, 11) is 0. The van der Waals surface area contributed by atoms with Crippen molar-refractivity contribution in [3.05, 3.63) is 59.7 Å². The highest BCUT2D eigenvalue weighted by Gasteiger charge is 2.32. The lowest BCUT2D eigenvalue weighted by molar-refractivity contribution is -0.123. The Hall–Kier alpha value is -3.15. The highest BCUT2D eigenvalue weighted by atomic mass is 16.2. The third-order valence-electron chi connectivity index (χ3n) is 5.89. The van der Waals surface area contributed by atoms with Crippen molar-refractivity contribution in [2.24, 2.45) is 11.8 Å². The minimum atomic E-state index is -0.590. The van der Waals surface area contributed by atoms with E-state index in [1.54, 1.807) is 24.3 Å². The van der Waals surface area contributed by atoms with E-state index in [-0.39, 0.29) is 24.1 Å². The predicted molar refractivity (Wildman–Crippen MR) is 116 cm³/mol. The SMILES string of the molecule is CC1CC(C)CN(C(=O)c2ccccc2NC(=O)C2CC(=O)Nc3ccccc32)C1. The Bertz CT molecular complexity index is 977. The van der Waals surface area contributed by atoms with Gasteiger partial charge in [-0.25, -0.2) is 0 Å². The van der Waals surface area contributed by atoms with Crippen LogP contribution in [0.3, 0.4) is 0 Å². The number of rotatable bonds is 3. The van der Waals surface area contributed by atoms with Crippen LogP contribution in [-0.4, -0.2) is 35.7 Å². The van der Waals surface area contributed by atoms with Gasteiger partial charge in [0.05, 0.1) is 17.2 Å². The van der Waals surface area contributed by atoms with Gasteiger partial charge in [0.25, 0.3) is 5.91 Å². The van der Waals surface area contributed by atoms with Crippen LogP contribution in [0.25, 0.3) is 0 Å². The van der Waals surface area contributed by atoms with Crippen molar-refractivity contribution >= 4 is 29.1 Å². The summed E-state index contributed by atoms with van der Waals surface area (Å²) in [6.45, 7) is 5.77. The summed E-state index contributed by atoms with van der Waals surface area (Å²) >= 11 is 0. The van der Waals surface area contributed by atoms with E-state index in [0.29, 0.717) is 28.8 Å². The molecule has 156 valence electrons. The zero-order valence-corrected chi connectivity index (χ0v) is 17.4. The van der Waals surface area contributed by atoms with E-state index < -0.39 is 5.92 Å². The summed E-state index contributed by atoms with van der Waals surface area (Å²) in [5, 5.41) is 5.73. The van der Waals surface area contributed by atoms with E-state index in [9.17, 15) is 14.4 Å². The topological polar surface area (TPSA) is 78.5 Å². The lowest BCUT2D eigenvalue weighted by Gasteiger charge is -2.35. The van der Waals surface area contributed by atoms with Crippen LogP contribution < -0.4 is 10.6 Å². The largest absolute Gasteiger partial charge is 0.338 e. The number of likely N-dealkylation sites (tertiary alicyclic amines) is 1. The quantitative estimate of drug-likeness (QED) is 0.814. The molecule has 6 heteroatoms. The van der Waals surface area contributed by atoms with Crippen LogP contribution in [0.4, 0.5) is 11.4 Å². The maximum atomic E-state index is 13.2. The van der Waals surface area contributed by atoms with Gasteiger partial charge >= 0.3 is 0 Å². The summed E-state index contributed by atoms with van der Waals surface area (Å²) in [6.07, 6.45) is 1.20. The Kier molecular flexibility index (Phi) is 5.57. The molecule has 3 atom stereocenters. The zero-order valence-electron chi connectivity index (χ0n) is 17.4. The molecule has 0 aromatic heterocycles. The Morgan fingerprint density at radius 1 is 1.00 bits per heavy atom. The van der Waals surface area contributed by atoms with Crippen LogP contribution in [0.1, 0.15) is 48.5 Å². The van der Waals surface area contributed by atoms with E-state index in [0.717, 1.165) is 25.1 Å². The molecule has 0 radical (unpaired) electrons. The lowest BCUT2D eigenvalue weighted by atomic mass is 9.89. The van der Waals surface area contributed by atoms with Crippen LogP contribution in [0.5, 0.6) is 0 Å². The molecule has 0 saturated carbocycles. The van der Waals surface area contributed by atoms with Gasteiger partial charge in [-0.2, -0.15) is 0 Å². The molecule has 2 aliphatic heterocycles. The molecule has 2 N–H and O–H groups in total. The lowest BCUT2D eigenvalue weighted by Crippen LogP contribution is -2.42. The number of anilines is 2. The standard InChI is InChI=1S/C24H27N3O3/c1-15-11-16(2)14-27(13-15)24(30)18-8-4-6-10-21(18)26-23(29)19-12-22(28)25-20-9-5-3-7-17(19)20/h3-10,15-16,19H,11-14H2,1-2H3,(H,25,28)(H,26,29). The molecule has 6 nitrogen and oxygen atoms in total. The molecule has 2 aliphatic rings. The van der Waals surface area contributed by atoms with Crippen LogP contribution in [0.2, 0.25) is 0 Å². The van der Waals surface area contributed by atoms with Crippen molar-refractivity contribution in [3.8, 4) is 0 Å². The summed E-state index contributed by atoms with van der Waals surface area (Å²) in [6, 6.07) is 14.4. The average molecular weight is 405 g/mol. The van der Waals surface area contributed by atoms with Crippen LogP contribution >= 0.6 is 0 Å². The maximum absolute atomic E-state index is 13.2. The summed E-state index contributed by atoms with van der Waals surface area (Å²) in [5.41, 5.74) is 2.43. The zero-order chi connectivity index (χ0) is 21.3. The Morgan fingerprint density at radius 3 is 2.43 bits per heavy atom. The normalized spacial score (nSPS) is 23.3. The fourth-order valence-corrected chi connectivity index (χ4v) is 4.64. The number of benzene rings is 2. The highest BCUT2D eigenvalue weighted by Crippen LogP contribution is 2.33. The van der Waals surface area contributed by atoms with Gasteiger partial charge in [-0.1, -0.05) is 44.2 Å². The number of nitrogens with one attached hydrogen (secondary N) is 2. The fourth-order valence-electron chi connectivity index (χ4n) is 4.64. The molecule has 4 rings (SSSR count). The van der Waals surface area contributed by atoms with E-state index in [2.05, 4.69) is 24.5 Å². The molecule has 2 aromatic rings. The first-order chi connectivity index (χ1) is 14.4. The van der Waals surface area contributed by atoms with Crippen molar-refractivity contribution < 1.29 is 14.4 Å². The Labute approximate surface area is 176 Å². The summed E-state index contributed by atoms with van der Waals surface area (Å²) in [5.74, 6) is -0.208. The second-order valence-corrected chi connectivity index (χ2v) is 8.58. The van der Waals surface area contributed by atoms with Crippen molar-refractivity contribution in [1.29, 1.82) is 0 Å². The maximum Gasteiger partial charge on any atom is 0.255 e. The molecule has 30 heavy (non-hydrogen) atoms. The van der Waals surface area contributed by atoms with Gasteiger partial charge in [-0.05, 0) is 42.0 Å². The number of hydrogen-bond acceptors (Lipinski definition) is 3. The van der Waals surface area contributed by atoms with Gasteiger partial charge in [-0.3, -0.25) is 14.4 Å².